The van der Waals surface area contributed by atoms with Crippen molar-refractivity contribution < 1.29 is 0 Å². The lowest BCUT2D eigenvalue weighted by Crippen LogP contribution is -2.10. The minimum Gasteiger partial charge on any atom is -0.310 e. The van der Waals surface area contributed by atoms with Gasteiger partial charge in [0.05, 0.1) is 0 Å². The molecule has 0 bridgehead atoms. The number of anilines is 3. The largest absolute Gasteiger partial charge is 0.310 e. The van der Waals surface area contributed by atoms with E-state index in [0.717, 1.165) is 22.6 Å². The Bertz CT molecular complexity index is 3630. The van der Waals surface area contributed by atoms with E-state index in [1.807, 2.05) is 11.3 Å². The number of rotatable bonds is 8. The fourth-order valence-electron chi connectivity index (χ4n) is 9.59. The van der Waals surface area contributed by atoms with Crippen LogP contribution in [-0.2, 0) is 0 Å². The zero-order valence-corrected chi connectivity index (χ0v) is 35.8. The summed E-state index contributed by atoms with van der Waals surface area (Å²) in [5.41, 5.74) is 15.4. The third-order valence-corrected chi connectivity index (χ3v) is 13.8. The van der Waals surface area contributed by atoms with Gasteiger partial charge in [-0.2, -0.15) is 0 Å². The van der Waals surface area contributed by atoms with E-state index in [4.69, 9.17) is 0 Å². The monoisotopic (exact) mass is 831 g/mol. The molecule has 2 heteroatoms. The SMILES string of the molecule is c1ccc(-c2ccc(-c3ccc(N(c4cccc(-c5ccc6c(c5)c(-c5ccccc5)c(-c5ccccc5)c5ccccc56)c4)c4ccc5c(c4)sc4ccccc45)cc3)cc2)cc1. The van der Waals surface area contributed by atoms with E-state index in [9.17, 15) is 0 Å². The fraction of sp³-hybridized carbons (Fsp3) is 0. The molecule has 1 heterocycles. The van der Waals surface area contributed by atoms with Crippen molar-refractivity contribution in [2.24, 2.45) is 0 Å². The van der Waals surface area contributed by atoms with Gasteiger partial charge in [0.15, 0.2) is 0 Å². The molecule has 1 nitrogen and oxygen atoms in total. The van der Waals surface area contributed by atoms with Crippen LogP contribution in [0, 0.1) is 0 Å². The number of thiophene rings is 1. The van der Waals surface area contributed by atoms with Crippen LogP contribution in [0.15, 0.2) is 249 Å². The first-order valence-corrected chi connectivity index (χ1v) is 22.7. The molecule has 0 aliphatic rings. The van der Waals surface area contributed by atoms with Gasteiger partial charge in [-0.15, -0.1) is 11.3 Å². The first-order chi connectivity index (χ1) is 31.7. The fourth-order valence-corrected chi connectivity index (χ4v) is 10.7. The number of nitrogens with zero attached hydrogens (tertiary/aromatic N) is 1. The maximum Gasteiger partial charge on any atom is 0.0476 e. The number of hydrogen-bond donors (Lipinski definition) is 0. The highest BCUT2D eigenvalue weighted by Crippen LogP contribution is 2.47. The summed E-state index contributed by atoms with van der Waals surface area (Å²) in [6, 6.07) is 90.9. The maximum absolute atomic E-state index is 2.42. The van der Waals surface area contributed by atoms with E-state index in [1.54, 1.807) is 0 Å². The predicted octanol–water partition coefficient (Wildman–Crippen LogP) is 18.2. The topological polar surface area (TPSA) is 3.24 Å². The second-order valence-electron chi connectivity index (χ2n) is 16.4. The molecule has 0 amide bonds. The summed E-state index contributed by atoms with van der Waals surface area (Å²) in [6.07, 6.45) is 0. The summed E-state index contributed by atoms with van der Waals surface area (Å²) in [6.45, 7) is 0. The molecule has 0 spiro atoms. The Morgan fingerprint density at radius 2 is 0.641 bits per heavy atom. The second kappa shape index (κ2) is 16.0. The normalized spacial score (nSPS) is 11.4. The molecule has 300 valence electrons. The highest BCUT2D eigenvalue weighted by Gasteiger charge is 2.20. The van der Waals surface area contributed by atoms with E-state index < -0.39 is 0 Å². The Morgan fingerprint density at radius 1 is 0.219 bits per heavy atom. The molecule has 0 fully saturated rings. The molecule has 0 N–H and O–H groups in total. The summed E-state index contributed by atoms with van der Waals surface area (Å²) in [5.74, 6) is 0. The third-order valence-electron chi connectivity index (χ3n) is 12.7. The van der Waals surface area contributed by atoms with Crippen molar-refractivity contribution in [3.05, 3.63) is 249 Å². The highest BCUT2D eigenvalue weighted by atomic mass is 32.1. The van der Waals surface area contributed by atoms with Crippen LogP contribution in [0.4, 0.5) is 17.1 Å². The Kier molecular flexibility index (Phi) is 9.43. The molecule has 12 aromatic rings. The molecular weight excluding hydrogens is 791 g/mol. The molecule has 1 aromatic heterocycles. The average Bonchev–Trinajstić information content (AvgIpc) is 3.75. The molecule has 12 rings (SSSR count). The van der Waals surface area contributed by atoms with E-state index in [2.05, 4.69) is 254 Å². The number of fused-ring (bicyclic) bond motifs is 6. The van der Waals surface area contributed by atoms with Crippen LogP contribution in [0.1, 0.15) is 0 Å². The van der Waals surface area contributed by atoms with Gasteiger partial charge in [0.25, 0.3) is 0 Å². The van der Waals surface area contributed by atoms with Gasteiger partial charge in [-0.25, -0.2) is 0 Å². The highest BCUT2D eigenvalue weighted by molar-refractivity contribution is 7.25. The van der Waals surface area contributed by atoms with Gasteiger partial charge in [-0.05, 0) is 126 Å². The molecule has 0 atom stereocenters. The lowest BCUT2D eigenvalue weighted by Gasteiger charge is -2.26. The molecule has 0 aliphatic heterocycles. The van der Waals surface area contributed by atoms with Crippen LogP contribution in [0.5, 0.6) is 0 Å². The van der Waals surface area contributed by atoms with Crippen molar-refractivity contribution in [1.82, 2.24) is 0 Å². The van der Waals surface area contributed by atoms with Crippen LogP contribution in [0.2, 0.25) is 0 Å². The molecule has 0 aliphatic carbocycles. The standard InChI is InChI=1S/C62H41NS/c1-4-15-42(16-5-1)43-27-29-44(30-28-43)45-31-34-50(35-32-45)63(52-36-38-56-55-24-12-13-26-59(55)64-60(56)41-52)51-22-14-21-48(39-51)49-33-37-54-53-23-10-11-25-57(53)61(46-17-6-2-7-18-46)62(58(54)40-49)47-19-8-3-9-20-47/h1-41H. The van der Waals surface area contributed by atoms with Crippen LogP contribution >= 0.6 is 11.3 Å². The van der Waals surface area contributed by atoms with E-state index in [1.165, 1.54) is 91.8 Å². The zero-order chi connectivity index (χ0) is 42.4. The minimum atomic E-state index is 1.10. The van der Waals surface area contributed by atoms with Gasteiger partial charge >= 0.3 is 0 Å². The second-order valence-corrected chi connectivity index (χ2v) is 17.5. The molecule has 0 radical (unpaired) electrons. The Morgan fingerprint density at radius 3 is 1.31 bits per heavy atom. The van der Waals surface area contributed by atoms with Gasteiger partial charge in [-0.3, -0.25) is 0 Å². The molecule has 0 saturated carbocycles. The lowest BCUT2D eigenvalue weighted by molar-refractivity contribution is 1.29. The summed E-state index contributed by atoms with van der Waals surface area (Å²) in [5, 5.41) is 7.61. The Balaban J connectivity index is 1.00. The smallest absolute Gasteiger partial charge is 0.0476 e. The Labute approximate surface area is 377 Å². The van der Waals surface area contributed by atoms with E-state index in [-0.39, 0.29) is 0 Å². The van der Waals surface area contributed by atoms with Crippen molar-refractivity contribution in [1.29, 1.82) is 0 Å². The van der Waals surface area contributed by atoms with Crippen molar-refractivity contribution >= 4 is 70.1 Å². The summed E-state index contributed by atoms with van der Waals surface area (Å²) in [4.78, 5) is 2.41. The van der Waals surface area contributed by atoms with Crippen LogP contribution in [0.3, 0.4) is 0 Å². The van der Waals surface area contributed by atoms with E-state index >= 15 is 0 Å². The lowest BCUT2D eigenvalue weighted by atomic mass is 9.84. The van der Waals surface area contributed by atoms with Crippen molar-refractivity contribution in [3.8, 4) is 55.6 Å². The molecular formula is C62H41NS. The van der Waals surface area contributed by atoms with Crippen LogP contribution in [-0.4, -0.2) is 0 Å². The number of benzene rings is 11. The first-order valence-electron chi connectivity index (χ1n) is 21.9. The third kappa shape index (κ3) is 6.73. The summed E-state index contributed by atoms with van der Waals surface area (Å²) in [7, 11) is 0. The summed E-state index contributed by atoms with van der Waals surface area (Å²) >= 11 is 1.86. The average molecular weight is 832 g/mol. The maximum atomic E-state index is 2.42. The van der Waals surface area contributed by atoms with Crippen LogP contribution in [0.25, 0.3) is 97.4 Å². The van der Waals surface area contributed by atoms with Crippen LogP contribution < -0.4 is 4.90 Å². The quantitative estimate of drug-likeness (QED) is 0.138. The van der Waals surface area contributed by atoms with Gasteiger partial charge < -0.3 is 4.90 Å². The molecule has 64 heavy (non-hydrogen) atoms. The zero-order valence-electron chi connectivity index (χ0n) is 35.0. The van der Waals surface area contributed by atoms with Gasteiger partial charge in [0.1, 0.15) is 0 Å². The van der Waals surface area contributed by atoms with Gasteiger partial charge in [0, 0.05) is 37.2 Å². The van der Waals surface area contributed by atoms with Gasteiger partial charge in [0.2, 0.25) is 0 Å². The van der Waals surface area contributed by atoms with Gasteiger partial charge in [-0.1, -0.05) is 200 Å². The Hall–Kier alpha value is -8.04. The van der Waals surface area contributed by atoms with Crippen molar-refractivity contribution in [2.45, 2.75) is 0 Å². The van der Waals surface area contributed by atoms with Crippen molar-refractivity contribution in [3.63, 3.8) is 0 Å². The minimum absolute atomic E-state index is 1.10. The predicted molar refractivity (Wildman–Crippen MR) is 276 cm³/mol. The molecule has 11 aromatic carbocycles. The molecule has 0 saturated heterocycles. The first kappa shape index (κ1) is 37.7. The summed E-state index contributed by atoms with van der Waals surface area (Å²) < 4.78 is 2.58. The van der Waals surface area contributed by atoms with E-state index in [0.29, 0.717) is 0 Å². The molecule has 0 unspecified atom stereocenters. The number of hydrogen-bond acceptors (Lipinski definition) is 2. The van der Waals surface area contributed by atoms with Crippen molar-refractivity contribution in [2.75, 3.05) is 4.90 Å².